The molecule has 0 saturated heterocycles. The van der Waals surface area contributed by atoms with E-state index in [0.717, 1.165) is 25.7 Å². The van der Waals surface area contributed by atoms with E-state index in [1.807, 2.05) is 0 Å². The van der Waals surface area contributed by atoms with E-state index in [2.05, 4.69) is 6.58 Å². The lowest BCUT2D eigenvalue weighted by atomic mass is 9.79. The fraction of sp³-hybridized carbons (Fsp3) is 0.750. The van der Waals surface area contributed by atoms with Crippen molar-refractivity contribution in [3.8, 4) is 0 Å². The maximum atomic E-state index is 11.7. The van der Waals surface area contributed by atoms with E-state index >= 15 is 0 Å². The molecule has 0 aromatic rings. The van der Waals surface area contributed by atoms with Crippen LogP contribution in [0.5, 0.6) is 0 Å². The number of carbonyl (C=O) groups excluding carboxylic acids is 2. The normalized spacial score (nSPS) is 41.3. The number of hydrogen-bond donors (Lipinski definition) is 0. The number of hydrogen-bond acceptors (Lipinski definition) is 4. The van der Waals surface area contributed by atoms with E-state index in [1.165, 1.54) is 6.92 Å². The van der Waals surface area contributed by atoms with E-state index in [1.54, 1.807) is 6.92 Å². The van der Waals surface area contributed by atoms with Crippen LogP contribution < -0.4 is 0 Å². The molecule has 6 atom stereocenters. The van der Waals surface area contributed by atoms with Crippen LogP contribution in [0.4, 0.5) is 0 Å². The molecule has 20 heavy (non-hydrogen) atoms. The predicted octanol–water partition coefficient (Wildman–Crippen LogP) is 2.47. The molecule has 0 amide bonds. The first-order valence-corrected chi connectivity index (χ1v) is 7.51. The van der Waals surface area contributed by atoms with Crippen molar-refractivity contribution >= 4 is 11.9 Å². The third-order valence-corrected chi connectivity index (χ3v) is 5.31. The topological polar surface area (TPSA) is 52.6 Å². The molecule has 3 aliphatic carbocycles. The quantitative estimate of drug-likeness (QED) is 0.588. The highest BCUT2D eigenvalue weighted by Gasteiger charge is 2.59. The van der Waals surface area contributed by atoms with Crippen LogP contribution in [-0.2, 0) is 19.1 Å². The zero-order valence-electron chi connectivity index (χ0n) is 12.1. The summed E-state index contributed by atoms with van der Waals surface area (Å²) in [6.07, 6.45) is 4.21. The maximum absolute atomic E-state index is 11.7. The minimum Gasteiger partial charge on any atom is -0.462 e. The molecule has 3 fully saturated rings. The highest BCUT2D eigenvalue weighted by atomic mass is 16.5. The van der Waals surface area contributed by atoms with Crippen LogP contribution in [0, 0.1) is 23.7 Å². The van der Waals surface area contributed by atoms with E-state index < -0.39 is 0 Å². The Morgan fingerprint density at radius 1 is 1.00 bits per heavy atom. The summed E-state index contributed by atoms with van der Waals surface area (Å²) in [6.45, 7) is 6.81. The third-order valence-electron chi connectivity index (χ3n) is 5.31. The molecule has 3 saturated carbocycles. The number of esters is 2. The van der Waals surface area contributed by atoms with E-state index in [-0.39, 0.29) is 24.1 Å². The molecule has 0 aliphatic heterocycles. The van der Waals surface area contributed by atoms with Gasteiger partial charge in [-0.1, -0.05) is 6.58 Å². The Balaban J connectivity index is 1.66. The summed E-state index contributed by atoms with van der Waals surface area (Å²) in [5.41, 5.74) is 0.467. The highest BCUT2D eigenvalue weighted by Crippen LogP contribution is 2.60. The van der Waals surface area contributed by atoms with Gasteiger partial charge in [-0.05, 0) is 50.4 Å². The van der Waals surface area contributed by atoms with Gasteiger partial charge in [0.05, 0.1) is 0 Å². The summed E-state index contributed by atoms with van der Waals surface area (Å²) in [5.74, 6) is 1.59. The Kier molecular flexibility index (Phi) is 3.35. The Hall–Kier alpha value is -1.32. The van der Waals surface area contributed by atoms with Gasteiger partial charge < -0.3 is 9.47 Å². The Bertz CT molecular complexity index is 455. The molecule has 0 aromatic carbocycles. The van der Waals surface area contributed by atoms with Crippen molar-refractivity contribution in [2.24, 2.45) is 23.7 Å². The largest absolute Gasteiger partial charge is 0.462 e. The molecule has 110 valence electrons. The fourth-order valence-corrected chi connectivity index (χ4v) is 4.73. The Labute approximate surface area is 119 Å². The minimum atomic E-state index is -0.269. The van der Waals surface area contributed by atoms with Crippen LogP contribution in [0.1, 0.15) is 39.5 Å². The van der Waals surface area contributed by atoms with Crippen molar-refractivity contribution in [3.63, 3.8) is 0 Å². The molecule has 0 radical (unpaired) electrons. The third kappa shape index (κ3) is 2.15. The number of ether oxygens (including phenoxy) is 2. The predicted molar refractivity (Wildman–Crippen MR) is 72.7 cm³/mol. The van der Waals surface area contributed by atoms with Crippen molar-refractivity contribution < 1.29 is 19.1 Å². The molecule has 6 unspecified atom stereocenters. The average Bonchev–Trinajstić information content (AvgIpc) is 3.00. The van der Waals surface area contributed by atoms with Crippen LogP contribution in [-0.4, -0.2) is 24.1 Å². The monoisotopic (exact) mass is 278 g/mol. The lowest BCUT2D eigenvalue weighted by molar-refractivity contribution is -0.152. The van der Waals surface area contributed by atoms with Gasteiger partial charge in [0.15, 0.2) is 0 Å². The molecule has 0 heterocycles. The molecule has 0 spiro atoms. The fourth-order valence-electron chi connectivity index (χ4n) is 4.73. The zero-order valence-corrected chi connectivity index (χ0v) is 12.1. The van der Waals surface area contributed by atoms with Gasteiger partial charge in [-0.2, -0.15) is 0 Å². The molecule has 3 rings (SSSR count). The van der Waals surface area contributed by atoms with Crippen LogP contribution in [0.15, 0.2) is 12.2 Å². The van der Waals surface area contributed by atoms with Crippen LogP contribution in [0.25, 0.3) is 0 Å². The van der Waals surface area contributed by atoms with Crippen molar-refractivity contribution in [3.05, 3.63) is 12.2 Å². The lowest BCUT2D eigenvalue weighted by Gasteiger charge is -2.33. The van der Waals surface area contributed by atoms with E-state index in [0.29, 0.717) is 29.2 Å². The molecule has 4 nitrogen and oxygen atoms in total. The zero-order chi connectivity index (χ0) is 14.4. The minimum absolute atomic E-state index is 0.0393. The molecule has 3 aliphatic rings. The van der Waals surface area contributed by atoms with Crippen molar-refractivity contribution in [1.29, 1.82) is 0 Å². The summed E-state index contributed by atoms with van der Waals surface area (Å²) in [4.78, 5) is 22.9. The second-order valence-corrected chi connectivity index (χ2v) is 6.59. The number of fused-ring (bicyclic) bond motifs is 5. The van der Waals surface area contributed by atoms with Crippen LogP contribution in [0.3, 0.4) is 0 Å². The van der Waals surface area contributed by atoms with Crippen LogP contribution in [0.2, 0.25) is 0 Å². The lowest BCUT2D eigenvalue weighted by Crippen LogP contribution is -2.36. The summed E-state index contributed by atoms with van der Waals surface area (Å²) in [5, 5.41) is 0. The van der Waals surface area contributed by atoms with Crippen LogP contribution >= 0.6 is 0 Å². The number of carbonyl (C=O) groups is 2. The van der Waals surface area contributed by atoms with Gasteiger partial charge in [-0.15, -0.1) is 0 Å². The molecular formula is C16H22O4. The van der Waals surface area contributed by atoms with E-state index in [9.17, 15) is 9.59 Å². The molecule has 0 N–H and O–H groups in total. The molecular weight excluding hydrogens is 256 g/mol. The molecule has 0 aromatic heterocycles. The molecule has 4 heteroatoms. The van der Waals surface area contributed by atoms with Crippen molar-refractivity contribution in [1.82, 2.24) is 0 Å². The van der Waals surface area contributed by atoms with Gasteiger partial charge in [-0.25, -0.2) is 4.79 Å². The summed E-state index contributed by atoms with van der Waals surface area (Å²) in [7, 11) is 0. The van der Waals surface area contributed by atoms with Gasteiger partial charge in [0.25, 0.3) is 0 Å². The standard InChI is InChI=1S/C16H22O4/c1-8(2)16(18)20-13-5-4-11-12-6-10(15(11)13)7-14(12)19-9(3)17/h10-15H,1,4-7H2,2-3H3. The average molecular weight is 278 g/mol. The van der Waals surface area contributed by atoms with Crippen molar-refractivity contribution in [2.45, 2.75) is 51.7 Å². The maximum Gasteiger partial charge on any atom is 0.333 e. The SMILES string of the molecule is C=C(C)C(=O)OC1CCC2C3CC(CC3OC(C)=O)C12. The first-order chi connectivity index (χ1) is 9.47. The van der Waals surface area contributed by atoms with Gasteiger partial charge >= 0.3 is 11.9 Å². The molecule has 2 bridgehead atoms. The van der Waals surface area contributed by atoms with Gasteiger partial charge in [-0.3, -0.25) is 4.79 Å². The second kappa shape index (κ2) is 4.90. The van der Waals surface area contributed by atoms with Gasteiger partial charge in [0, 0.05) is 18.4 Å². The highest BCUT2D eigenvalue weighted by molar-refractivity contribution is 5.87. The summed E-state index contributed by atoms with van der Waals surface area (Å²) in [6, 6.07) is 0. The van der Waals surface area contributed by atoms with Gasteiger partial charge in [0.1, 0.15) is 12.2 Å². The number of rotatable bonds is 3. The van der Waals surface area contributed by atoms with Gasteiger partial charge in [0.2, 0.25) is 0 Å². The second-order valence-electron chi connectivity index (χ2n) is 6.59. The van der Waals surface area contributed by atoms with Crippen molar-refractivity contribution in [2.75, 3.05) is 0 Å². The first kappa shape index (κ1) is 13.7. The summed E-state index contributed by atoms with van der Waals surface area (Å²) < 4.78 is 11.1. The van der Waals surface area contributed by atoms with E-state index in [4.69, 9.17) is 9.47 Å². The Morgan fingerprint density at radius 2 is 1.75 bits per heavy atom. The Morgan fingerprint density at radius 3 is 2.40 bits per heavy atom. The first-order valence-electron chi connectivity index (χ1n) is 7.51. The summed E-state index contributed by atoms with van der Waals surface area (Å²) >= 11 is 0. The smallest absolute Gasteiger partial charge is 0.333 e.